The highest BCUT2D eigenvalue weighted by atomic mass is 35.5. The van der Waals surface area contributed by atoms with Crippen LogP contribution in [0.2, 0.25) is 5.02 Å². The first-order valence-electron chi connectivity index (χ1n) is 7.61. The van der Waals surface area contributed by atoms with E-state index < -0.39 is 36.2 Å². The van der Waals surface area contributed by atoms with Crippen molar-refractivity contribution in [3.8, 4) is 5.88 Å². The zero-order valence-corrected chi connectivity index (χ0v) is 15.0. The number of nitro benzene ring substituents is 1. The van der Waals surface area contributed by atoms with Gasteiger partial charge in [-0.25, -0.2) is 9.78 Å². The van der Waals surface area contributed by atoms with Crippen molar-refractivity contribution >= 4 is 34.9 Å². The van der Waals surface area contributed by atoms with E-state index in [-0.39, 0.29) is 27.8 Å². The van der Waals surface area contributed by atoms with E-state index in [0.29, 0.717) is 0 Å². The summed E-state index contributed by atoms with van der Waals surface area (Å²) in [4.78, 5) is 37.3. The van der Waals surface area contributed by atoms with Crippen LogP contribution in [-0.2, 0) is 9.53 Å². The van der Waals surface area contributed by atoms with Gasteiger partial charge in [-0.15, -0.1) is 0 Å². The molecule has 0 fully saturated rings. The molecule has 1 amide bonds. The summed E-state index contributed by atoms with van der Waals surface area (Å²) in [6.07, 6.45) is -3.61. The van der Waals surface area contributed by atoms with Crippen LogP contribution in [0.5, 0.6) is 5.88 Å². The lowest BCUT2D eigenvalue weighted by atomic mass is 10.3. The fourth-order valence-corrected chi connectivity index (χ4v) is 2.03. The number of nitrogens with zero attached hydrogens (tertiary/aromatic N) is 2. The van der Waals surface area contributed by atoms with Gasteiger partial charge in [0.2, 0.25) is 5.88 Å². The predicted molar refractivity (Wildman–Crippen MR) is 92.8 cm³/mol. The molecule has 29 heavy (non-hydrogen) atoms. The number of hydrogen-bond acceptors (Lipinski definition) is 7. The largest absolute Gasteiger partial charge is 0.468 e. The first-order valence-corrected chi connectivity index (χ1v) is 7.99. The minimum atomic E-state index is -4.53. The summed E-state index contributed by atoms with van der Waals surface area (Å²) in [6, 6.07) is 5.54. The Hall–Kier alpha value is -3.41. The van der Waals surface area contributed by atoms with E-state index in [1.165, 1.54) is 6.07 Å². The third-order valence-corrected chi connectivity index (χ3v) is 3.45. The van der Waals surface area contributed by atoms with E-state index >= 15 is 0 Å². The van der Waals surface area contributed by atoms with Crippen molar-refractivity contribution in [3.63, 3.8) is 0 Å². The van der Waals surface area contributed by atoms with Crippen LogP contribution < -0.4 is 10.1 Å². The Morgan fingerprint density at radius 2 is 1.97 bits per heavy atom. The molecule has 0 saturated heterocycles. The fourth-order valence-electron chi connectivity index (χ4n) is 1.87. The minimum Gasteiger partial charge on any atom is -0.468 e. The van der Waals surface area contributed by atoms with Crippen molar-refractivity contribution in [2.75, 3.05) is 18.5 Å². The molecule has 0 aliphatic carbocycles. The summed E-state index contributed by atoms with van der Waals surface area (Å²) in [6.45, 7) is -2.28. The van der Waals surface area contributed by atoms with Gasteiger partial charge in [-0.1, -0.05) is 11.6 Å². The zero-order valence-electron chi connectivity index (χ0n) is 14.2. The summed E-state index contributed by atoms with van der Waals surface area (Å²) in [5, 5.41) is 13.0. The van der Waals surface area contributed by atoms with Crippen molar-refractivity contribution in [1.82, 2.24) is 4.98 Å². The van der Waals surface area contributed by atoms with E-state index in [9.17, 15) is 32.9 Å². The molecule has 2 rings (SSSR count). The number of anilines is 1. The number of pyridine rings is 1. The number of non-ortho nitro benzene ring substituents is 1. The highest BCUT2D eigenvalue weighted by molar-refractivity contribution is 6.33. The summed E-state index contributed by atoms with van der Waals surface area (Å²) < 4.78 is 45.3. The second-order valence-electron chi connectivity index (χ2n) is 5.33. The Morgan fingerprint density at radius 3 is 2.55 bits per heavy atom. The third kappa shape index (κ3) is 6.92. The number of benzene rings is 1. The number of ether oxygens (including phenoxy) is 2. The number of nitro groups is 1. The second kappa shape index (κ2) is 9.19. The first-order chi connectivity index (χ1) is 13.5. The van der Waals surface area contributed by atoms with E-state index in [0.717, 1.165) is 30.5 Å². The monoisotopic (exact) mass is 433 g/mol. The first kappa shape index (κ1) is 21.9. The minimum absolute atomic E-state index is 0.0360. The molecule has 2 aromatic rings. The summed E-state index contributed by atoms with van der Waals surface area (Å²) in [5.74, 6) is -2.14. The lowest BCUT2D eigenvalue weighted by molar-refractivity contribution is -0.384. The van der Waals surface area contributed by atoms with E-state index in [1.807, 2.05) is 0 Å². The number of alkyl halides is 3. The Labute approximate surface area is 165 Å². The molecule has 0 unspecified atom stereocenters. The van der Waals surface area contributed by atoms with Gasteiger partial charge in [0.1, 0.15) is 0 Å². The number of carbonyl (C=O) groups excluding carboxylic acids is 2. The van der Waals surface area contributed by atoms with Crippen LogP contribution in [0.1, 0.15) is 10.4 Å². The predicted octanol–water partition coefficient (Wildman–Crippen LogP) is 3.38. The van der Waals surface area contributed by atoms with Crippen molar-refractivity contribution in [1.29, 1.82) is 0 Å². The molecule has 0 bridgehead atoms. The molecule has 9 nitrogen and oxygen atoms in total. The van der Waals surface area contributed by atoms with Crippen LogP contribution in [0.3, 0.4) is 0 Å². The molecular weight excluding hydrogens is 423 g/mol. The van der Waals surface area contributed by atoms with Crippen LogP contribution in [0.4, 0.5) is 24.5 Å². The maximum absolute atomic E-state index is 12.1. The Bertz CT molecular complexity index is 921. The highest BCUT2D eigenvalue weighted by Crippen LogP contribution is 2.26. The number of esters is 1. The highest BCUT2D eigenvalue weighted by Gasteiger charge is 2.28. The molecule has 0 saturated carbocycles. The fraction of sp³-hybridized carbons (Fsp3) is 0.188. The van der Waals surface area contributed by atoms with E-state index in [2.05, 4.69) is 15.0 Å². The molecule has 1 aromatic carbocycles. The van der Waals surface area contributed by atoms with E-state index in [4.69, 9.17) is 16.3 Å². The van der Waals surface area contributed by atoms with Gasteiger partial charge in [0.05, 0.1) is 21.2 Å². The van der Waals surface area contributed by atoms with Crippen LogP contribution in [0, 0.1) is 10.1 Å². The average Bonchev–Trinajstić information content (AvgIpc) is 2.66. The number of hydrogen-bond donors (Lipinski definition) is 1. The quantitative estimate of drug-likeness (QED) is 0.403. The van der Waals surface area contributed by atoms with E-state index in [1.54, 1.807) is 0 Å². The summed E-state index contributed by atoms with van der Waals surface area (Å²) >= 11 is 5.84. The SMILES string of the molecule is O=C(COC(=O)c1ccc(OCC(F)(F)F)nc1)Nc1cc([N+](=O)[O-])ccc1Cl. The van der Waals surface area contributed by atoms with Gasteiger partial charge in [0.25, 0.3) is 11.6 Å². The normalized spacial score (nSPS) is 10.9. The average molecular weight is 434 g/mol. The van der Waals surface area contributed by atoms with Gasteiger partial charge in [-0.3, -0.25) is 14.9 Å². The molecule has 1 aromatic heterocycles. The van der Waals surface area contributed by atoms with Gasteiger partial charge in [-0.05, 0) is 12.1 Å². The number of nitrogens with one attached hydrogen (secondary N) is 1. The summed E-state index contributed by atoms with van der Waals surface area (Å²) in [7, 11) is 0. The lowest BCUT2D eigenvalue weighted by Crippen LogP contribution is -2.21. The Morgan fingerprint density at radius 1 is 1.24 bits per heavy atom. The number of carbonyl (C=O) groups is 2. The van der Waals surface area contributed by atoms with Crippen molar-refractivity contribution in [3.05, 3.63) is 57.2 Å². The molecule has 0 spiro atoms. The van der Waals surface area contributed by atoms with Crippen LogP contribution in [-0.4, -0.2) is 41.2 Å². The molecule has 1 heterocycles. The van der Waals surface area contributed by atoms with Crippen molar-refractivity contribution in [2.45, 2.75) is 6.18 Å². The molecule has 0 atom stereocenters. The lowest BCUT2D eigenvalue weighted by Gasteiger charge is -2.09. The molecule has 0 aliphatic rings. The topological polar surface area (TPSA) is 121 Å². The van der Waals surface area contributed by atoms with Crippen molar-refractivity contribution < 1.29 is 37.2 Å². The molecule has 0 radical (unpaired) electrons. The Kier molecular flexibility index (Phi) is 6.93. The van der Waals surface area contributed by atoms with Gasteiger partial charge < -0.3 is 14.8 Å². The van der Waals surface area contributed by atoms with Crippen molar-refractivity contribution in [2.24, 2.45) is 0 Å². The molecule has 154 valence electrons. The van der Waals surface area contributed by atoms with Crippen LogP contribution >= 0.6 is 11.6 Å². The van der Waals surface area contributed by atoms with Gasteiger partial charge in [0, 0.05) is 24.4 Å². The number of rotatable bonds is 7. The molecule has 0 aliphatic heterocycles. The Balaban J connectivity index is 1.89. The summed E-state index contributed by atoms with van der Waals surface area (Å²) in [5.41, 5.74) is -0.485. The standard InChI is InChI=1S/C16H11ClF3N3O6/c17-11-3-2-10(23(26)27)5-12(11)22-13(24)7-28-15(25)9-1-4-14(21-6-9)29-8-16(18,19)20/h1-6H,7-8H2,(H,22,24). The second-order valence-corrected chi connectivity index (χ2v) is 5.74. The smallest absolute Gasteiger partial charge is 0.422 e. The van der Waals surface area contributed by atoms with Crippen LogP contribution in [0.25, 0.3) is 0 Å². The molecule has 1 N–H and O–H groups in total. The number of amides is 1. The molecule has 13 heteroatoms. The van der Waals surface area contributed by atoms with Crippen LogP contribution in [0.15, 0.2) is 36.5 Å². The maximum Gasteiger partial charge on any atom is 0.422 e. The zero-order chi connectivity index (χ0) is 21.6. The maximum atomic E-state index is 12.1. The number of halogens is 4. The number of aromatic nitrogens is 1. The van der Waals surface area contributed by atoms with Gasteiger partial charge >= 0.3 is 12.1 Å². The third-order valence-electron chi connectivity index (χ3n) is 3.12. The van der Waals surface area contributed by atoms with Gasteiger partial charge in [-0.2, -0.15) is 13.2 Å². The molecular formula is C16H11ClF3N3O6. The van der Waals surface area contributed by atoms with Gasteiger partial charge in [0.15, 0.2) is 13.2 Å².